The summed E-state index contributed by atoms with van der Waals surface area (Å²) >= 11 is 4.50. The summed E-state index contributed by atoms with van der Waals surface area (Å²) < 4.78 is 5.86. The van der Waals surface area contributed by atoms with Gasteiger partial charge in [0.2, 0.25) is 0 Å². The zero-order valence-corrected chi connectivity index (χ0v) is 22.5. The minimum atomic E-state index is -1.54. The van der Waals surface area contributed by atoms with Gasteiger partial charge in [-0.15, -0.1) is 0 Å². The summed E-state index contributed by atoms with van der Waals surface area (Å²) in [5, 5.41) is 20.1. The summed E-state index contributed by atoms with van der Waals surface area (Å²) in [6, 6.07) is 16.7. The molecule has 3 aromatic rings. The molecule has 0 radical (unpaired) electrons. The number of nitrogens with zero attached hydrogens (tertiary/aromatic N) is 2. The summed E-state index contributed by atoms with van der Waals surface area (Å²) in [4.78, 5) is 17.1. The van der Waals surface area contributed by atoms with Crippen LogP contribution in [0.5, 0.6) is 0 Å². The second-order valence-corrected chi connectivity index (χ2v) is 10.2. The van der Waals surface area contributed by atoms with Crippen molar-refractivity contribution < 1.29 is 19.6 Å². The van der Waals surface area contributed by atoms with Crippen LogP contribution in [0.4, 0.5) is 10.5 Å². The predicted octanol–water partition coefficient (Wildman–Crippen LogP) is 3.79. The maximum atomic E-state index is 13.1. The number of ether oxygens (including phenoxy) is 1. The van der Waals surface area contributed by atoms with E-state index in [1.807, 2.05) is 38.1 Å². The van der Waals surface area contributed by atoms with E-state index in [1.165, 1.54) is 22.3 Å². The summed E-state index contributed by atoms with van der Waals surface area (Å²) in [6.07, 6.45) is -0.290. The second-order valence-electron chi connectivity index (χ2n) is 9.93. The van der Waals surface area contributed by atoms with E-state index in [1.54, 1.807) is 4.90 Å². The van der Waals surface area contributed by atoms with Gasteiger partial charge in [-0.3, -0.25) is 0 Å². The smallest absolute Gasteiger partial charge is 0.448 e. The first-order valence-corrected chi connectivity index (χ1v) is 13.4. The number of carbonyl (C=O) groups is 1. The van der Waals surface area contributed by atoms with Crippen molar-refractivity contribution >= 4 is 37.0 Å². The fraction of sp³-hybridized carbons (Fsp3) is 0.345. The molecule has 1 aliphatic carbocycles. The molecule has 6 nitrogen and oxygen atoms in total. The minimum Gasteiger partial charge on any atom is -0.448 e. The van der Waals surface area contributed by atoms with Gasteiger partial charge in [-0.2, -0.15) is 12.6 Å². The molecule has 5 rings (SSSR count). The Kier molecular flexibility index (Phi) is 7.25. The molecule has 2 aliphatic rings. The van der Waals surface area contributed by atoms with Crippen molar-refractivity contribution in [1.29, 1.82) is 0 Å². The molecule has 1 amide bonds. The van der Waals surface area contributed by atoms with Crippen molar-refractivity contribution in [3.63, 3.8) is 0 Å². The largest absolute Gasteiger partial charge is 0.489 e. The van der Waals surface area contributed by atoms with E-state index >= 15 is 0 Å². The van der Waals surface area contributed by atoms with Crippen LogP contribution in [0.1, 0.15) is 39.3 Å². The highest BCUT2D eigenvalue weighted by molar-refractivity contribution is 7.79. The van der Waals surface area contributed by atoms with Crippen molar-refractivity contribution in [2.45, 2.75) is 32.4 Å². The maximum absolute atomic E-state index is 13.1. The third kappa shape index (κ3) is 4.52. The van der Waals surface area contributed by atoms with Crippen LogP contribution in [0.25, 0.3) is 11.1 Å². The maximum Gasteiger partial charge on any atom is 0.489 e. The highest BCUT2D eigenvalue weighted by atomic mass is 32.1. The molecule has 37 heavy (non-hydrogen) atoms. The molecular weight excluding hydrogens is 483 g/mol. The van der Waals surface area contributed by atoms with Crippen molar-refractivity contribution in [2.24, 2.45) is 0 Å². The number of amides is 1. The molecule has 1 fully saturated rings. The summed E-state index contributed by atoms with van der Waals surface area (Å²) in [6.45, 7) is 8.58. The Morgan fingerprint density at radius 3 is 2.03 bits per heavy atom. The van der Waals surface area contributed by atoms with Gasteiger partial charge in [0.05, 0.1) is 0 Å². The number of thiol groups is 1. The first-order valence-electron chi connectivity index (χ1n) is 12.8. The Labute approximate surface area is 224 Å². The van der Waals surface area contributed by atoms with Crippen molar-refractivity contribution in [3.8, 4) is 11.1 Å². The van der Waals surface area contributed by atoms with Gasteiger partial charge in [-0.1, -0.05) is 48.5 Å². The lowest BCUT2D eigenvalue weighted by atomic mass is 9.71. The number of hydrogen-bond acceptors (Lipinski definition) is 6. The van der Waals surface area contributed by atoms with Crippen LogP contribution in [0.2, 0.25) is 0 Å². The van der Waals surface area contributed by atoms with E-state index in [2.05, 4.69) is 48.7 Å². The molecule has 3 aromatic carbocycles. The Morgan fingerprint density at radius 2 is 1.49 bits per heavy atom. The van der Waals surface area contributed by atoms with Gasteiger partial charge in [-0.25, -0.2) is 4.79 Å². The zero-order chi connectivity index (χ0) is 26.3. The molecule has 0 saturated carbocycles. The van der Waals surface area contributed by atoms with Gasteiger partial charge in [0.15, 0.2) is 0 Å². The molecule has 0 aromatic heterocycles. The van der Waals surface area contributed by atoms with Gasteiger partial charge in [0.25, 0.3) is 0 Å². The molecule has 1 heterocycles. The van der Waals surface area contributed by atoms with Gasteiger partial charge >= 0.3 is 13.2 Å². The van der Waals surface area contributed by atoms with Crippen LogP contribution >= 0.6 is 12.6 Å². The topological polar surface area (TPSA) is 73.2 Å². The van der Waals surface area contributed by atoms with Crippen LogP contribution < -0.4 is 10.4 Å². The normalized spacial score (nSPS) is 15.0. The van der Waals surface area contributed by atoms with E-state index in [4.69, 9.17) is 4.74 Å². The third-order valence-corrected chi connectivity index (χ3v) is 8.35. The van der Waals surface area contributed by atoms with Crippen molar-refractivity contribution in [1.82, 2.24) is 4.90 Å². The molecule has 0 atom stereocenters. The fourth-order valence-electron chi connectivity index (χ4n) is 6.17. The van der Waals surface area contributed by atoms with Gasteiger partial charge in [0, 0.05) is 43.5 Å². The van der Waals surface area contributed by atoms with Crippen LogP contribution in [0, 0.1) is 20.8 Å². The molecule has 192 valence electrons. The standard InChI is InChI=1S/C29H33BN2O4S/c1-18-26(17-37)19(2)28(20(3)27(18)30(34)35)31-12-14-32(15-13-31)29(33)36-16-25-23-10-6-4-8-21(23)22-9-5-7-11-24(22)25/h4-11,25,34-35,37H,12-17H2,1-3H3. The van der Waals surface area contributed by atoms with Crippen molar-refractivity contribution in [3.05, 3.63) is 81.9 Å². The summed E-state index contributed by atoms with van der Waals surface area (Å²) in [5.74, 6) is 0.558. The van der Waals surface area contributed by atoms with E-state index in [9.17, 15) is 14.8 Å². The first kappa shape index (κ1) is 25.7. The van der Waals surface area contributed by atoms with E-state index in [0.29, 0.717) is 44.0 Å². The summed E-state index contributed by atoms with van der Waals surface area (Å²) in [5.41, 5.74) is 10.2. The van der Waals surface area contributed by atoms with Crippen molar-refractivity contribution in [2.75, 3.05) is 37.7 Å². The molecule has 0 unspecified atom stereocenters. The molecular formula is C29H33BN2O4S. The first-order chi connectivity index (χ1) is 17.8. The Hall–Kier alpha value is -2.94. The Morgan fingerprint density at radius 1 is 0.919 bits per heavy atom. The minimum absolute atomic E-state index is 0.0403. The number of rotatable bonds is 5. The van der Waals surface area contributed by atoms with Crippen LogP contribution in [0.3, 0.4) is 0 Å². The van der Waals surface area contributed by atoms with E-state index in [-0.39, 0.29) is 12.0 Å². The molecule has 0 spiro atoms. The quantitative estimate of drug-likeness (QED) is 0.356. The number of hydrogen-bond donors (Lipinski definition) is 3. The number of benzene rings is 3. The fourth-order valence-corrected chi connectivity index (χ4v) is 6.65. The van der Waals surface area contributed by atoms with Crippen LogP contribution in [-0.4, -0.2) is 60.9 Å². The average Bonchev–Trinajstić information content (AvgIpc) is 3.21. The lowest BCUT2D eigenvalue weighted by Gasteiger charge is -2.38. The highest BCUT2D eigenvalue weighted by Crippen LogP contribution is 2.44. The molecule has 0 bridgehead atoms. The molecule has 2 N–H and O–H groups in total. The Bertz CT molecular complexity index is 1290. The summed E-state index contributed by atoms with van der Waals surface area (Å²) in [7, 11) is -1.54. The highest BCUT2D eigenvalue weighted by Gasteiger charge is 2.32. The van der Waals surface area contributed by atoms with Crippen LogP contribution in [-0.2, 0) is 10.5 Å². The molecule has 1 aliphatic heterocycles. The number of carbonyl (C=O) groups excluding carboxylic acids is 1. The number of fused-ring (bicyclic) bond motifs is 3. The lowest BCUT2D eigenvalue weighted by molar-refractivity contribution is 0.0977. The van der Waals surface area contributed by atoms with Gasteiger partial charge in [0.1, 0.15) is 6.61 Å². The number of anilines is 1. The van der Waals surface area contributed by atoms with Crippen LogP contribution in [0.15, 0.2) is 48.5 Å². The lowest BCUT2D eigenvalue weighted by Crippen LogP contribution is -2.50. The van der Waals surface area contributed by atoms with Gasteiger partial charge in [-0.05, 0) is 70.7 Å². The van der Waals surface area contributed by atoms with Gasteiger partial charge < -0.3 is 24.6 Å². The monoisotopic (exact) mass is 516 g/mol. The second kappa shape index (κ2) is 10.4. The molecule has 1 saturated heterocycles. The Balaban J connectivity index is 1.27. The van der Waals surface area contributed by atoms with E-state index < -0.39 is 7.12 Å². The number of piperazine rings is 1. The average molecular weight is 516 g/mol. The SMILES string of the molecule is Cc1c(CS)c(C)c(N2CCN(C(=O)OCC3c4ccccc4-c4ccccc43)CC2)c(C)c1B(O)O. The zero-order valence-electron chi connectivity index (χ0n) is 21.6. The predicted molar refractivity (Wildman–Crippen MR) is 152 cm³/mol. The third-order valence-electron chi connectivity index (χ3n) is 8.03. The molecule has 8 heteroatoms. The van der Waals surface area contributed by atoms with E-state index in [0.717, 1.165) is 27.9 Å².